The first-order valence-corrected chi connectivity index (χ1v) is 8.47. The fourth-order valence-electron chi connectivity index (χ4n) is 3.36. The van der Waals surface area contributed by atoms with E-state index in [9.17, 15) is 4.79 Å². The van der Waals surface area contributed by atoms with Crippen LogP contribution in [-0.2, 0) is 11.3 Å². The monoisotopic (exact) mass is 310 g/mol. The lowest BCUT2D eigenvalue weighted by molar-refractivity contribution is -0.135. The highest BCUT2D eigenvalue weighted by molar-refractivity contribution is 5.78. The van der Waals surface area contributed by atoms with Crippen molar-refractivity contribution in [3.63, 3.8) is 0 Å². The molecule has 0 bridgehead atoms. The van der Waals surface area contributed by atoms with Gasteiger partial charge in [-0.05, 0) is 56.7 Å². The van der Waals surface area contributed by atoms with Crippen molar-refractivity contribution in [3.05, 3.63) is 36.8 Å². The summed E-state index contributed by atoms with van der Waals surface area (Å²) in [6.45, 7) is 2.53. The van der Waals surface area contributed by atoms with Gasteiger partial charge in [-0.15, -0.1) is 0 Å². The Morgan fingerprint density at radius 3 is 2.61 bits per heavy atom. The Labute approximate surface area is 136 Å². The van der Waals surface area contributed by atoms with E-state index in [1.165, 1.54) is 12.8 Å². The molecule has 120 valence electrons. The van der Waals surface area contributed by atoms with Gasteiger partial charge in [-0.2, -0.15) is 5.10 Å². The van der Waals surface area contributed by atoms with E-state index < -0.39 is 0 Å². The Morgan fingerprint density at radius 2 is 1.96 bits per heavy atom. The summed E-state index contributed by atoms with van der Waals surface area (Å²) in [5, 5.41) is 4.36. The lowest BCUT2D eigenvalue weighted by atomic mass is 10.1. The molecule has 0 saturated heterocycles. The lowest BCUT2D eigenvalue weighted by Gasteiger charge is -2.29. The normalized spacial score (nSPS) is 18.7. The molecule has 2 heterocycles. The fraction of sp³-hybridized carbons (Fsp3) is 0.500. The zero-order chi connectivity index (χ0) is 15.8. The van der Waals surface area contributed by atoms with Crippen LogP contribution < -0.4 is 0 Å². The molecule has 0 aliphatic heterocycles. The Bertz CT molecular complexity index is 688. The van der Waals surface area contributed by atoms with Crippen LogP contribution in [0, 0.1) is 5.92 Å². The molecule has 0 unspecified atom stereocenters. The van der Waals surface area contributed by atoms with E-state index in [0.717, 1.165) is 24.1 Å². The number of rotatable bonds is 6. The maximum absolute atomic E-state index is 12.9. The summed E-state index contributed by atoms with van der Waals surface area (Å²) in [5.74, 6) is 0.905. The van der Waals surface area contributed by atoms with Crippen molar-refractivity contribution < 1.29 is 4.79 Å². The molecule has 2 saturated carbocycles. The molecular formula is C18H22N4O. The Balaban J connectivity index is 1.53. The number of amides is 1. The van der Waals surface area contributed by atoms with Crippen LogP contribution >= 0.6 is 0 Å². The summed E-state index contributed by atoms with van der Waals surface area (Å²) in [4.78, 5) is 19.1. The lowest BCUT2D eigenvalue weighted by Crippen LogP contribution is -2.43. The first-order chi connectivity index (χ1) is 11.2. The van der Waals surface area contributed by atoms with E-state index in [1.54, 1.807) is 18.6 Å². The summed E-state index contributed by atoms with van der Waals surface area (Å²) in [7, 11) is 0. The minimum absolute atomic E-state index is 0.200. The molecule has 5 heteroatoms. The zero-order valence-corrected chi connectivity index (χ0v) is 13.4. The van der Waals surface area contributed by atoms with Gasteiger partial charge in [0, 0.05) is 36.2 Å². The maximum atomic E-state index is 12.9. The second-order valence-corrected chi connectivity index (χ2v) is 6.72. The topological polar surface area (TPSA) is 51.0 Å². The Hall–Kier alpha value is -2.17. The van der Waals surface area contributed by atoms with Crippen molar-refractivity contribution in [2.75, 3.05) is 0 Å². The summed E-state index contributed by atoms with van der Waals surface area (Å²) in [6.07, 6.45) is 10.1. The summed E-state index contributed by atoms with van der Waals surface area (Å²) >= 11 is 0. The number of hydrogen-bond donors (Lipinski definition) is 0. The van der Waals surface area contributed by atoms with Crippen molar-refractivity contribution >= 4 is 5.91 Å². The van der Waals surface area contributed by atoms with E-state index in [1.807, 2.05) is 22.9 Å². The van der Waals surface area contributed by atoms with Crippen LogP contribution in [0.5, 0.6) is 0 Å². The fourth-order valence-corrected chi connectivity index (χ4v) is 3.36. The minimum Gasteiger partial charge on any atom is -0.335 e. The molecule has 2 aromatic rings. The number of nitrogens with zero attached hydrogens (tertiary/aromatic N) is 4. The molecule has 2 aliphatic rings. The Kier molecular flexibility index (Phi) is 3.63. The highest BCUT2D eigenvalue weighted by atomic mass is 16.2. The van der Waals surface area contributed by atoms with Gasteiger partial charge in [0.2, 0.25) is 5.91 Å². The second-order valence-electron chi connectivity index (χ2n) is 6.72. The van der Waals surface area contributed by atoms with E-state index in [2.05, 4.69) is 21.9 Å². The third-order valence-electron chi connectivity index (χ3n) is 4.95. The molecular weight excluding hydrogens is 288 g/mol. The highest BCUT2D eigenvalue weighted by Crippen LogP contribution is 2.39. The van der Waals surface area contributed by atoms with Gasteiger partial charge in [0.15, 0.2) is 0 Å². The molecule has 2 fully saturated rings. The number of carbonyl (C=O) groups excluding carboxylic acids is 1. The highest BCUT2D eigenvalue weighted by Gasteiger charge is 2.41. The van der Waals surface area contributed by atoms with Gasteiger partial charge in [0.1, 0.15) is 6.54 Å². The number of carbonyl (C=O) groups is 1. The molecule has 0 aromatic carbocycles. The minimum atomic E-state index is 0.200. The van der Waals surface area contributed by atoms with Gasteiger partial charge in [-0.1, -0.05) is 0 Å². The number of aromatic nitrogens is 3. The van der Waals surface area contributed by atoms with Crippen molar-refractivity contribution in [2.24, 2.45) is 5.92 Å². The molecule has 2 aromatic heterocycles. The SMILES string of the molecule is C[C@H](C1CC1)N(C(=O)Cn1nccc1-c1ccncc1)C1CC1. The average molecular weight is 310 g/mol. The van der Waals surface area contributed by atoms with Crippen LogP contribution in [0.1, 0.15) is 32.6 Å². The van der Waals surface area contributed by atoms with E-state index in [0.29, 0.717) is 24.5 Å². The first kappa shape index (κ1) is 14.4. The third kappa shape index (κ3) is 3.00. The van der Waals surface area contributed by atoms with Crippen molar-refractivity contribution in [2.45, 2.75) is 51.2 Å². The van der Waals surface area contributed by atoms with Gasteiger partial charge in [0.05, 0.1) is 5.69 Å². The standard InChI is InChI=1S/C18H22N4O/c1-13(14-2-3-14)22(16-4-5-16)18(23)12-21-17(8-11-20-21)15-6-9-19-10-7-15/h6-11,13-14,16H,2-5,12H2,1H3/t13-/m1/s1. The predicted molar refractivity (Wildman–Crippen MR) is 87.5 cm³/mol. The van der Waals surface area contributed by atoms with Gasteiger partial charge in [0.25, 0.3) is 0 Å². The summed E-state index contributed by atoms with van der Waals surface area (Å²) in [6, 6.07) is 6.68. The molecule has 4 rings (SSSR count). The Morgan fingerprint density at radius 1 is 1.22 bits per heavy atom. The van der Waals surface area contributed by atoms with Gasteiger partial charge >= 0.3 is 0 Å². The summed E-state index contributed by atoms with van der Waals surface area (Å²) in [5.41, 5.74) is 2.01. The van der Waals surface area contributed by atoms with Crippen LogP contribution in [0.2, 0.25) is 0 Å². The molecule has 5 nitrogen and oxygen atoms in total. The number of pyridine rings is 1. The zero-order valence-electron chi connectivity index (χ0n) is 13.4. The van der Waals surface area contributed by atoms with Gasteiger partial charge in [-0.25, -0.2) is 0 Å². The molecule has 0 N–H and O–H groups in total. The van der Waals surface area contributed by atoms with Crippen LogP contribution in [0.15, 0.2) is 36.8 Å². The molecule has 1 amide bonds. The molecule has 0 radical (unpaired) electrons. The maximum Gasteiger partial charge on any atom is 0.244 e. The smallest absolute Gasteiger partial charge is 0.244 e. The number of hydrogen-bond acceptors (Lipinski definition) is 3. The van der Waals surface area contributed by atoms with E-state index >= 15 is 0 Å². The van der Waals surface area contributed by atoms with Crippen molar-refractivity contribution in [1.29, 1.82) is 0 Å². The first-order valence-electron chi connectivity index (χ1n) is 8.47. The van der Waals surface area contributed by atoms with E-state index in [4.69, 9.17) is 0 Å². The van der Waals surface area contributed by atoms with Crippen molar-refractivity contribution in [3.8, 4) is 11.3 Å². The van der Waals surface area contributed by atoms with E-state index in [-0.39, 0.29) is 5.91 Å². The largest absolute Gasteiger partial charge is 0.335 e. The van der Waals surface area contributed by atoms with Crippen LogP contribution in [-0.4, -0.2) is 37.7 Å². The molecule has 1 atom stereocenters. The van der Waals surface area contributed by atoms with Crippen LogP contribution in [0.25, 0.3) is 11.3 Å². The summed E-state index contributed by atoms with van der Waals surface area (Å²) < 4.78 is 1.81. The van der Waals surface area contributed by atoms with Gasteiger partial charge < -0.3 is 4.90 Å². The van der Waals surface area contributed by atoms with Crippen LogP contribution in [0.3, 0.4) is 0 Å². The second kappa shape index (κ2) is 5.80. The quantitative estimate of drug-likeness (QED) is 0.824. The van der Waals surface area contributed by atoms with Crippen molar-refractivity contribution in [1.82, 2.24) is 19.7 Å². The third-order valence-corrected chi connectivity index (χ3v) is 4.95. The average Bonchev–Trinajstić information content (AvgIpc) is 3.47. The van der Waals surface area contributed by atoms with Gasteiger partial charge in [-0.3, -0.25) is 14.5 Å². The molecule has 23 heavy (non-hydrogen) atoms. The van der Waals surface area contributed by atoms with Crippen LogP contribution in [0.4, 0.5) is 0 Å². The molecule has 0 spiro atoms. The predicted octanol–water partition coefficient (Wildman–Crippen LogP) is 2.73. The molecule has 2 aliphatic carbocycles.